The second kappa shape index (κ2) is 9.58. The number of ether oxygens (including phenoxy) is 1. The molecule has 1 fully saturated rings. The molecule has 1 aliphatic rings. The van der Waals surface area contributed by atoms with Crippen LogP contribution in [-0.2, 0) is 27.8 Å². The van der Waals surface area contributed by atoms with Gasteiger partial charge in [-0.05, 0) is 23.3 Å². The Morgan fingerprint density at radius 2 is 1.72 bits per heavy atom. The van der Waals surface area contributed by atoms with Gasteiger partial charge in [-0.25, -0.2) is 13.2 Å². The zero-order valence-corrected chi connectivity index (χ0v) is 17.7. The van der Waals surface area contributed by atoms with Gasteiger partial charge in [0.25, 0.3) is 0 Å². The van der Waals surface area contributed by atoms with E-state index in [-0.39, 0.29) is 17.5 Å². The lowest BCUT2D eigenvalue weighted by Gasteiger charge is -2.27. The third kappa shape index (κ3) is 5.27. The monoisotopic (exact) mass is 437 g/mol. The zero-order valence-electron chi connectivity index (χ0n) is 16.2. The summed E-state index contributed by atoms with van der Waals surface area (Å²) < 4.78 is 32.7. The number of carbonyl (C=O) groups excluding carboxylic acids is 1. The minimum absolute atomic E-state index is 0.103. The van der Waals surface area contributed by atoms with E-state index in [9.17, 15) is 13.2 Å². The minimum Gasteiger partial charge on any atom is -0.379 e. The first-order valence-electron chi connectivity index (χ1n) is 9.28. The van der Waals surface area contributed by atoms with E-state index in [1.807, 2.05) is 18.2 Å². The van der Waals surface area contributed by atoms with Crippen molar-refractivity contribution in [3.05, 3.63) is 64.7 Å². The standard InChI is InChI=1S/C20H24ClN3O4S/c1-23(15-17-7-2-4-8-18(17)21)20(25)22-14-16-6-3-5-9-19(16)29(26,27)24-10-12-28-13-11-24/h2-9H,10-15H2,1H3,(H,22,25). The number of hydrogen-bond donors (Lipinski definition) is 1. The molecular formula is C20H24ClN3O4S. The van der Waals surface area contributed by atoms with Gasteiger partial charge in [-0.15, -0.1) is 0 Å². The van der Waals surface area contributed by atoms with Gasteiger partial charge < -0.3 is 15.0 Å². The van der Waals surface area contributed by atoms with Crippen molar-refractivity contribution >= 4 is 27.7 Å². The fourth-order valence-corrected chi connectivity index (χ4v) is 4.91. The van der Waals surface area contributed by atoms with Crippen LogP contribution in [0.1, 0.15) is 11.1 Å². The Labute approximate surface area is 176 Å². The van der Waals surface area contributed by atoms with Crippen molar-refractivity contribution in [3.63, 3.8) is 0 Å². The predicted octanol–water partition coefficient (Wildman–Crippen LogP) is 2.70. The fourth-order valence-electron chi connectivity index (χ4n) is 3.09. The SMILES string of the molecule is CN(Cc1ccccc1Cl)C(=O)NCc1ccccc1S(=O)(=O)N1CCOCC1. The van der Waals surface area contributed by atoms with Crippen LogP contribution in [0.4, 0.5) is 4.79 Å². The summed E-state index contributed by atoms with van der Waals surface area (Å²) in [5, 5.41) is 3.38. The molecule has 1 heterocycles. The van der Waals surface area contributed by atoms with Crippen LogP contribution in [0.25, 0.3) is 0 Å². The first-order chi connectivity index (χ1) is 13.9. The van der Waals surface area contributed by atoms with Gasteiger partial charge in [0.15, 0.2) is 0 Å². The Bertz CT molecular complexity index is 962. The molecule has 0 bridgehead atoms. The Balaban J connectivity index is 1.68. The highest BCUT2D eigenvalue weighted by atomic mass is 35.5. The Kier molecular flexibility index (Phi) is 7.13. The van der Waals surface area contributed by atoms with Crippen molar-refractivity contribution in [1.82, 2.24) is 14.5 Å². The number of nitrogens with zero attached hydrogens (tertiary/aromatic N) is 2. The molecule has 0 atom stereocenters. The summed E-state index contributed by atoms with van der Waals surface area (Å²) in [4.78, 5) is 14.2. The highest BCUT2D eigenvalue weighted by Crippen LogP contribution is 2.21. The number of halogens is 1. The van der Waals surface area contributed by atoms with Crippen LogP contribution in [0.3, 0.4) is 0 Å². The van der Waals surface area contributed by atoms with E-state index in [1.165, 1.54) is 9.21 Å². The summed E-state index contributed by atoms with van der Waals surface area (Å²) in [6.07, 6.45) is 0. The smallest absolute Gasteiger partial charge is 0.317 e. The van der Waals surface area contributed by atoms with Crippen LogP contribution in [-0.4, -0.2) is 57.0 Å². The molecule has 3 rings (SSSR count). The van der Waals surface area contributed by atoms with E-state index in [2.05, 4.69) is 5.32 Å². The predicted molar refractivity (Wildman–Crippen MR) is 111 cm³/mol. The average molecular weight is 438 g/mol. The van der Waals surface area contributed by atoms with Crippen molar-refractivity contribution in [2.45, 2.75) is 18.0 Å². The van der Waals surface area contributed by atoms with Gasteiger partial charge >= 0.3 is 6.03 Å². The number of sulfonamides is 1. The molecule has 1 N–H and O–H groups in total. The third-order valence-corrected chi connectivity index (χ3v) is 7.07. The van der Waals surface area contributed by atoms with Crippen LogP contribution in [0.2, 0.25) is 5.02 Å². The number of nitrogens with one attached hydrogen (secondary N) is 1. The molecular weight excluding hydrogens is 414 g/mol. The summed E-state index contributed by atoms with van der Waals surface area (Å²) in [7, 11) is -1.98. The lowest BCUT2D eigenvalue weighted by molar-refractivity contribution is 0.0730. The van der Waals surface area contributed by atoms with Crippen LogP contribution < -0.4 is 5.32 Å². The maximum atomic E-state index is 13.0. The van der Waals surface area contributed by atoms with Crippen molar-refractivity contribution in [3.8, 4) is 0 Å². The summed E-state index contributed by atoms with van der Waals surface area (Å²) in [6.45, 7) is 1.85. The van der Waals surface area contributed by atoms with Crippen LogP contribution in [0.15, 0.2) is 53.4 Å². The molecule has 1 saturated heterocycles. The number of benzene rings is 2. The largest absolute Gasteiger partial charge is 0.379 e. The van der Waals surface area contributed by atoms with Gasteiger partial charge in [0.1, 0.15) is 0 Å². The van der Waals surface area contributed by atoms with Gasteiger partial charge in [-0.1, -0.05) is 48.0 Å². The van der Waals surface area contributed by atoms with E-state index < -0.39 is 10.0 Å². The topological polar surface area (TPSA) is 79.0 Å². The Morgan fingerprint density at radius 3 is 2.41 bits per heavy atom. The van der Waals surface area contributed by atoms with Crippen LogP contribution in [0.5, 0.6) is 0 Å². The highest BCUT2D eigenvalue weighted by Gasteiger charge is 2.28. The second-order valence-corrected chi connectivity index (χ2v) is 9.04. The lowest BCUT2D eigenvalue weighted by atomic mass is 10.2. The fraction of sp³-hybridized carbons (Fsp3) is 0.350. The number of carbonyl (C=O) groups is 1. The molecule has 2 amide bonds. The first-order valence-corrected chi connectivity index (χ1v) is 11.1. The second-order valence-electron chi connectivity index (χ2n) is 6.73. The molecule has 7 nitrogen and oxygen atoms in total. The Morgan fingerprint density at radius 1 is 1.10 bits per heavy atom. The Hall–Kier alpha value is -2.13. The van der Waals surface area contributed by atoms with E-state index >= 15 is 0 Å². The number of rotatable bonds is 6. The summed E-state index contributed by atoms with van der Waals surface area (Å²) in [5.41, 5.74) is 1.38. The maximum Gasteiger partial charge on any atom is 0.317 e. The molecule has 1 aliphatic heterocycles. The zero-order chi connectivity index (χ0) is 20.9. The third-order valence-electron chi connectivity index (χ3n) is 4.70. The van der Waals surface area contributed by atoms with Crippen molar-refractivity contribution in [2.24, 2.45) is 0 Å². The molecule has 29 heavy (non-hydrogen) atoms. The molecule has 0 aliphatic carbocycles. The van der Waals surface area contributed by atoms with Gasteiger partial charge in [0, 0.05) is 38.2 Å². The van der Waals surface area contributed by atoms with Gasteiger partial charge in [0.05, 0.1) is 18.1 Å². The van der Waals surface area contributed by atoms with Gasteiger partial charge in [0.2, 0.25) is 10.0 Å². The lowest BCUT2D eigenvalue weighted by Crippen LogP contribution is -2.41. The number of amides is 2. The van der Waals surface area contributed by atoms with Crippen molar-refractivity contribution in [1.29, 1.82) is 0 Å². The molecule has 9 heteroatoms. The van der Waals surface area contributed by atoms with E-state index in [4.69, 9.17) is 16.3 Å². The molecule has 2 aromatic carbocycles. The summed E-state index contributed by atoms with van der Waals surface area (Å²) in [6, 6.07) is 13.7. The van der Waals surface area contributed by atoms with Gasteiger partial charge in [-0.2, -0.15) is 4.31 Å². The molecule has 0 saturated carbocycles. The normalized spacial score (nSPS) is 15.1. The summed E-state index contributed by atoms with van der Waals surface area (Å²) >= 11 is 6.15. The maximum absolute atomic E-state index is 13.0. The molecule has 0 unspecified atom stereocenters. The molecule has 156 valence electrons. The average Bonchev–Trinajstić information content (AvgIpc) is 2.74. The van der Waals surface area contributed by atoms with Crippen molar-refractivity contribution < 1.29 is 17.9 Å². The first kappa shape index (κ1) is 21.6. The van der Waals surface area contributed by atoms with E-state index in [0.29, 0.717) is 43.4 Å². The van der Waals surface area contributed by atoms with E-state index in [1.54, 1.807) is 37.4 Å². The summed E-state index contributed by atoms with van der Waals surface area (Å²) in [5.74, 6) is 0. The number of morpholine rings is 1. The molecule has 0 spiro atoms. The molecule has 2 aromatic rings. The quantitative estimate of drug-likeness (QED) is 0.753. The number of urea groups is 1. The van der Waals surface area contributed by atoms with E-state index in [0.717, 1.165) is 5.56 Å². The molecule has 0 aromatic heterocycles. The molecule has 0 radical (unpaired) electrons. The van der Waals surface area contributed by atoms with Crippen LogP contribution in [0, 0.1) is 0 Å². The van der Waals surface area contributed by atoms with Crippen molar-refractivity contribution in [2.75, 3.05) is 33.4 Å². The highest BCUT2D eigenvalue weighted by molar-refractivity contribution is 7.89. The van der Waals surface area contributed by atoms with Gasteiger partial charge in [-0.3, -0.25) is 0 Å². The number of hydrogen-bond acceptors (Lipinski definition) is 4. The van der Waals surface area contributed by atoms with Crippen LogP contribution >= 0.6 is 11.6 Å². The minimum atomic E-state index is -3.64.